The van der Waals surface area contributed by atoms with Crippen LogP contribution >= 0.6 is 11.8 Å². The third kappa shape index (κ3) is 3.57. The predicted octanol–water partition coefficient (Wildman–Crippen LogP) is 2.57. The van der Waals surface area contributed by atoms with E-state index in [0.29, 0.717) is 24.1 Å². The molecule has 106 valence electrons. The third-order valence-corrected chi connectivity index (χ3v) is 3.66. The number of esters is 1. The molecule has 2 heterocycles. The fourth-order valence-electron chi connectivity index (χ4n) is 1.52. The summed E-state index contributed by atoms with van der Waals surface area (Å²) in [6.07, 6.45) is 3.95. The zero-order valence-corrected chi connectivity index (χ0v) is 12.1. The molecule has 0 N–H and O–H groups in total. The van der Waals surface area contributed by atoms with Gasteiger partial charge in [-0.1, -0.05) is 18.7 Å². The molecular formula is C13H15N3O3S. The lowest BCUT2D eigenvalue weighted by Gasteiger charge is -2.09. The number of hydrogen-bond donors (Lipinski definition) is 0. The Morgan fingerprint density at radius 2 is 2.30 bits per heavy atom. The van der Waals surface area contributed by atoms with Crippen LogP contribution in [0.2, 0.25) is 0 Å². The van der Waals surface area contributed by atoms with Gasteiger partial charge in [-0.2, -0.15) is 0 Å². The second-order valence-electron chi connectivity index (χ2n) is 3.88. The number of pyridine rings is 1. The van der Waals surface area contributed by atoms with Gasteiger partial charge in [0.05, 0.1) is 12.2 Å². The van der Waals surface area contributed by atoms with Crippen molar-refractivity contribution in [1.29, 1.82) is 0 Å². The number of carbonyl (C=O) groups is 1. The van der Waals surface area contributed by atoms with E-state index in [0.717, 1.165) is 5.56 Å². The number of thioether (sulfide) groups is 1. The molecule has 2 aromatic rings. The second-order valence-corrected chi connectivity index (χ2v) is 5.04. The van der Waals surface area contributed by atoms with Gasteiger partial charge in [-0.15, -0.1) is 10.2 Å². The van der Waals surface area contributed by atoms with Gasteiger partial charge in [-0.3, -0.25) is 9.78 Å². The maximum absolute atomic E-state index is 11.7. The van der Waals surface area contributed by atoms with Crippen molar-refractivity contribution in [3.63, 3.8) is 0 Å². The molecule has 0 fully saturated rings. The van der Waals surface area contributed by atoms with Gasteiger partial charge in [0.2, 0.25) is 5.89 Å². The quantitative estimate of drug-likeness (QED) is 0.598. The van der Waals surface area contributed by atoms with Crippen LogP contribution in [0.3, 0.4) is 0 Å². The summed E-state index contributed by atoms with van der Waals surface area (Å²) in [5.74, 6) is 0.125. The number of hydrogen-bond acceptors (Lipinski definition) is 7. The average Bonchev–Trinajstić information content (AvgIpc) is 2.94. The Hall–Kier alpha value is -1.89. The minimum absolute atomic E-state index is 0.263. The van der Waals surface area contributed by atoms with Gasteiger partial charge >= 0.3 is 5.97 Å². The number of aromatic nitrogens is 3. The summed E-state index contributed by atoms with van der Waals surface area (Å²) >= 11 is 1.22. The molecule has 7 heteroatoms. The van der Waals surface area contributed by atoms with Gasteiger partial charge in [0.25, 0.3) is 5.22 Å². The summed E-state index contributed by atoms with van der Waals surface area (Å²) in [4.78, 5) is 15.7. The maximum atomic E-state index is 11.7. The van der Waals surface area contributed by atoms with Crippen molar-refractivity contribution in [2.24, 2.45) is 0 Å². The summed E-state index contributed by atoms with van der Waals surface area (Å²) in [6, 6.07) is 3.62. The highest BCUT2D eigenvalue weighted by Gasteiger charge is 2.22. The smallest absolute Gasteiger partial charge is 0.319 e. The lowest BCUT2D eigenvalue weighted by Crippen LogP contribution is -2.19. The van der Waals surface area contributed by atoms with Crippen LogP contribution in [0, 0.1) is 0 Å². The third-order valence-electron chi connectivity index (χ3n) is 2.48. The Bertz CT molecular complexity index is 559. The first-order valence-corrected chi connectivity index (χ1v) is 7.19. The molecule has 0 saturated carbocycles. The molecule has 0 saturated heterocycles. The van der Waals surface area contributed by atoms with Crippen molar-refractivity contribution in [2.75, 3.05) is 6.61 Å². The lowest BCUT2D eigenvalue weighted by molar-refractivity contribution is -0.142. The zero-order valence-electron chi connectivity index (χ0n) is 11.3. The topological polar surface area (TPSA) is 78.1 Å². The van der Waals surface area contributed by atoms with Crippen LogP contribution in [0.25, 0.3) is 11.5 Å². The Kier molecular flexibility index (Phi) is 5.11. The molecule has 0 aliphatic heterocycles. The van der Waals surface area contributed by atoms with Crippen LogP contribution in [0.4, 0.5) is 0 Å². The van der Waals surface area contributed by atoms with Gasteiger partial charge in [0.1, 0.15) is 5.25 Å². The van der Waals surface area contributed by atoms with E-state index in [9.17, 15) is 4.79 Å². The molecule has 6 nitrogen and oxygen atoms in total. The summed E-state index contributed by atoms with van der Waals surface area (Å²) < 4.78 is 10.5. The van der Waals surface area contributed by atoms with Crippen LogP contribution in [0.1, 0.15) is 20.3 Å². The SMILES string of the molecule is CCOC(=O)C(CC)Sc1nnc(-c2cccnc2)o1. The lowest BCUT2D eigenvalue weighted by atomic mass is 10.3. The van der Waals surface area contributed by atoms with Gasteiger partial charge in [-0.05, 0) is 25.5 Å². The monoisotopic (exact) mass is 293 g/mol. The van der Waals surface area contributed by atoms with Crippen molar-refractivity contribution < 1.29 is 13.9 Å². The number of rotatable bonds is 6. The summed E-state index contributed by atoms with van der Waals surface area (Å²) in [7, 11) is 0. The molecule has 2 rings (SSSR count). The van der Waals surface area contributed by atoms with E-state index in [1.54, 1.807) is 25.4 Å². The molecule has 0 amide bonds. The van der Waals surface area contributed by atoms with E-state index in [1.807, 2.05) is 13.0 Å². The van der Waals surface area contributed by atoms with Crippen molar-refractivity contribution in [3.8, 4) is 11.5 Å². The van der Waals surface area contributed by atoms with Crippen LogP contribution in [-0.4, -0.2) is 33.0 Å². The Morgan fingerprint density at radius 3 is 2.95 bits per heavy atom. The summed E-state index contributed by atoms with van der Waals surface area (Å²) in [5.41, 5.74) is 0.746. The fraction of sp³-hybridized carbons (Fsp3) is 0.385. The fourth-order valence-corrected chi connectivity index (χ4v) is 2.31. The number of nitrogens with zero attached hydrogens (tertiary/aromatic N) is 3. The second kappa shape index (κ2) is 7.04. The first-order chi connectivity index (χ1) is 9.74. The van der Waals surface area contributed by atoms with Crippen LogP contribution in [0.15, 0.2) is 34.2 Å². The predicted molar refractivity (Wildman–Crippen MR) is 74.1 cm³/mol. The standard InChI is InChI=1S/C13H15N3O3S/c1-3-10(12(17)18-4-2)20-13-16-15-11(19-13)9-6-5-7-14-8-9/h5-8,10H,3-4H2,1-2H3. The van der Waals surface area contributed by atoms with Gasteiger partial charge in [0.15, 0.2) is 0 Å². The average molecular weight is 293 g/mol. The van der Waals surface area contributed by atoms with E-state index in [1.165, 1.54) is 11.8 Å². The molecule has 0 aliphatic carbocycles. The largest absolute Gasteiger partial charge is 0.465 e. The Balaban J connectivity index is 2.07. The van der Waals surface area contributed by atoms with Crippen LogP contribution in [-0.2, 0) is 9.53 Å². The minimum atomic E-state index is -0.336. The molecule has 0 bridgehead atoms. The Labute approximate surface area is 120 Å². The first-order valence-electron chi connectivity index (χ1n) is 6.31. The van der Waals surface area contributed by atoms with E-state index in [4.69, 9.17) is 9.15 Å². The molecular weight excluding hydrogens is 278 g/mol. The molecule has 2 aromatic heterocycles. The van der Waals surface area contributed by atoms with E-state index < -0.39 is 0 Å². The van der Waals surface area contributed by atoms with Crippen LogP contribution in [0.5, 0.6) is 0 Å². The number of ether oxygens (including phenoxy) is 1. The normalized spacial score (nSPS) is 12.1. The molecule has 0 aromatic carbocycles. The minimum Gasteiger partial charge on any atom is -0.465 e. The van der Waals surface area contributed by atoms with Crippen molar-refractivity contribution >= 4 is 17.7 Å². The van der Waals surface area contributed by atoms with Gasteiger partial charge in [-0.25, -0.2) is 0 Å². The number of carbonyl (C=O) groups excluding carboxylic acids is 1. The Morgan fingerprint density at radius 1 is 1.45 bits per heavy atom. The summed E-state index contributed by atoms with van der Waals surface area (Å²) in [5, 5.41) is 7.90. The highest BCUT2D eigenvalue weighted by Crippen LogP contribution is 2.27. The molecule has 20 heavy (non-hydrogen) atoms. The van der Waals surface area contributed by atoms with Crippen molar-refractivity contribution in [3.05, 3.63) is 24.5 Å². The molecule has 0 radical (unpaired) electrons. The van der Waals surface area contributed by atoms with Crippen molar-refractivity contribution in [1.82, 2.24) is 15.2 Å². The van der Waals surface area contributed by atoms with Gasteiger partial charge < -0.3 is 9.15 Å². The van der Waals surface area contributed by atoms with E-state index in [-0.39, 0.29) is 11.2 Å². The summed E-state index contributed by atoms with van der Waals surface area (Å²) in [6.45, 7) is 4.05. The maximum Gasteiger partial charge on any atom is 0.319 e. The highest BCUT2D eigenvalue weighted by molar-refractivity contribution is 8.00. The zero-order chi connectivity index (χ0) is 14.4. The molecule has 1 unspecified atom stereocenters. The first kappa shape index (κ1) is 14.5. The molecule has 0 aliphatic rings. The van der Waals surface area contributed by atoms with Crippen molar-refractivity contribution in [2.45, 2.75) is 30.7 Å². The molecule has 1 atom stereocenters. The van der Waals surface area contributed by atoms with Gasteiger partial charge in [0, 0.05) is 12.4 Å². The van der Waals surface area contributed by atoms with E-state index >= 15 is 0 Å². The van der Waals surface area contributed by atoms with E-state index in [2.05, 4.69) is 15.2 Å². The molecule has 0 spiro atoms. The van der Waals surface area contributed by atoms with Crippen LogP contribution < -0.4 is 0 Å². The highest BCUT2D eigenvalue weighted by atomic mass is 32.2.